The standard InChI is InChI=1S/C15H18F2N4O/c1-9-15(22)20-13-11(19-9)3-2-10(12(13)14(16)17)8-21-6-4-18-5-7-21/h2-3,14,18H,4-8H2,1H3,(H,20,22). The van der Waals surface area contributed by atoms with Crippen LogP contribution in [0.5, 0.6) is 0 Å². The Balaban J connectivity index is 2.07. The fourth-order valence-corrected chi connectivity index (χ4v) is 2.81. The van der Waals surface area contributed by atoms with Crippen molar-refractivity contribution in [2.45, 2.75) is 19.9 Å². The molecule has 0 saturated carbocycles. The number of nitrogens with zero attached hydrogens (tertiary/aromatic N) is 2. The van der Waals surface area contributed by atoms with Crippen LogP contribution in [-0.4, -0.2) is 41.0 Å². The summed E-state index contributed by atoms with van der Waals surface area (Å²) in [6, 6.07) is 3.39. The molecule has 7 heteroatoms. The first-order valence-electron chi connectivity index (χ1n) is 7.30. The number of piperazine rings is 1. The molecule has 0 aliphatic carbocycles. The molecule has 0 amide bonds. The van der Waals surface area contributed by atoms with Crippen LogP contribution in [0.4, 0.5) is 8.78 Å². The Morgan fingerprint density at radius 2 is 2.05 bits per heavy atom. The average molecular weight is 308 g/mol. The van der Waals surface area contributed by atoms with E-state index >= 15 is 0 Å². The van der Waals surface area contributed by atoms with Crippen LogP contribution in [0.2, 0.25) is 0 Å². The summed E-state index contributed by atoms with van der Waals surface area (Å²) in [4.78, 5) is 20.5. The van der Waals surface area contributed by atoms with Gasteiger partial charge in [0.2, 0.25) is 0 Å². The number of hydrogen-bond acceptors (Lipinski definition) is 4. The molecule has 1 aromatic heterocycles. The molecule has 0 bridgehead atoms. The number of aromatic amines is 1. The highest BCUT2D eigenvalue weighted by Gasteiger charge is 2.21. The van der Waals surface area contributed by atoms with Crippen LogP contribution in [0.1, 0.15) is 23.2 Å². The Kier molecular flexibility index (Phi) is 4.17. The molecule has 2 aromatic rings. The van der Waals surface area contributed by atoms with Gasteiger partial charge in [-0.25, -0.2) is 13.8 Å². The minimum Gasteiger partial charge on any atom is -0.319 e. The van der Waals surface area contributed by atoms with Gasteiger partial charge < -0.3 is 10.3 Å². The topological polar surface area (TPSA) is 61.0 Å². The van der Waals surface area contributed by atoms with E-state index in [2.05, 4.69) is 20.2 Å². The molecule has 5 nitrogen and oxygen atoms in total. The normalized spacial score (nSPS) is 16.5. The number of nitrogens with one attached hydrogen (secondary N) is 2. The summed E-state index contributed by atoms with van der Waals surface area (Å²) in [5.74, 6) is 0. The Morgan fingerprint density at radius 1 is 1.32 bits per heavy atom. The monoisotopic (exact) mass is 308 g/mol. The minimum atomic E-state index is -2.65. The third kappa shape index (κ3) is 2.86. The number of benzene rings is 1. The van der Waals surface area contributed by atoms with Crippen molar-refractivity contribution in [3.8, 4) is 0 Å². The van der Waals surface area contributed by atoms with Crippen molar-refractivity contribution < 1.29 is 8.78 Å². The van der Waals surface area contributed by atoms with Gasteiger partial charge in [0.05, 0.1) is 11.0 Å². The van der Waals surface area contributed by atoms with Gasteiger partial charge in [-0.15, -0.1) is 0 Å². The number of hydrogen-bond donors (Lipinski definition) is 2. The molecule has 118 valence electrons. The first-order valence-corrected chi connectivity index (χ1v) is 7.30. The highest BCUT2D eigenvalue weighted by molar-refractivity contribution is 5.79. The first-order chi connectivity index (χ1) is 10.6. The highest BCUT2D eigenvalue weighted by atomic mass is 19.3. The summed E-state index contributed by atoms with van der Waals surface area (Å²) in [5.41, 5.74) is 0.845. The summed E-state index contributed by atoms with van der Waals surface area (Å²) in [6.07, 6.45) is -2.65. The molecule has 1 aliphatic heterocycles. The van der Waals surface area contributed by atoms with E-state index in [0.717, 1.165) is 26.2 Å². The molecular weight excluding hydrogens is 290 g/mol. The predicted octanol–water partition coefficient (Wildman–Crippen LogP) is 1.57. The molecule has 1 fully saturated rings. The Labute approximate surface area is 126 Å². The Morgan fingerprint density at radius 3 is 2.73 bits per heavy atom. The lowest BCUT2D eigenvalue weighted by Crippen LogP contribution is -2.43. The van der Waals surface area contributed by atoms with Gasteiger partial charge >= 0.3 is 0 Å². The van der Waals surface area contributed by atoms with Crippen LogP contribution in [0.3, 0.4) is 0 Å². The molecule has 0 unspecified atom stereocenters. The number of aryl methyl sites for hydroxylation is 1. The summed E-state index contributed by atoms with van der Waals surface area (Å²) in [7, 11) is 0. The zero-order valence-corrected chi connectivity index (χ0v) is 12.3. The number of fused-ring (bicyclic) bond motifs is 1. The predicted molar refractivity (Wildman–Crippen MR) is 80.2 cm³/mol. The van der Waals surface area contributed by atoms with Crippen LogP contribution in [0.15, 0.2) is 16.9 Å². The third-order valence-electron chi connectivity index (χ3n) is 3.99. The van der Waals surface area contributed by atoms with Crippen molar-refractivity contribution >= 4 is 11.0 Å². The zero-order chi connectivity index (χ0) is 15.7. The fourth-order valence-electron chi connectivity index (χ4n) is 2.81. The van der Waals surface area contributed by atoms with Gasteiger partial charge in [-0.05, 0) is 18.6 Å². The minimum absolute atomic E-state index is 0.111. The van der Waals surface area contributed by atoms with Gasteiger partial charge in [0, 0.05) is 38.3 Å². The fraction of sp³-hybridized carbons (Fsp3) is 0.467. The van der Waals surface area contributed by atoms with E-state index in [0.29, 0.717) is 17.6 Å². The molecule has 3 rings (SSSR count). The summed E-state index contributed by atoms with van der Waals surface area (Å²) >= 11 is 0. The number of halogens is 2. The molecular formula is C15H18F2N4O. The molecule has 0 spiro atoms. The van der Waals surface area contributed by atoms with Crippen LogP contribution in [0.25, 0.3) is 11.0 Å². The number of rotatable bonds is 3. The molecule has 1 saturated heterocycles. The number of aromatic nitrogens is 2. The van der Waals surface area contributed by atoms with E-state index in [1.54, 1.807) is 19.1 Å². The van der Waals surface area contributed by atoms with E-state index in [1.807, 2.05) is 0 Å². The van der Waals surface area contributed by atoms with Gasteiger partial charge in [0.1, 0.15) is 5.69 Å². The molecule has 1 aromatic carbocycles. The van der Waals surface area contributed by atoms with Crippen molar-refractivity contribution in [3.63, 3.8) is 0 Å². The van der Waals surface area contributed by atoms with E-state index in [9.17, 15) is 13.6 Å². The maximum absolute atomic E-state index is 13.6. The van der Waals surface area contributed by atoms with E-state index < -0.39 is 12.0 Å². The summed E-state index contributed by atoms with van der Waals surface area (Å²) in [5, 5.41) is 3.23. The molecule has 2 N–H and O–H groups in total. The van der Waals surface area contributed by atoms with Crippen molar-refractivity contribution in [1.82, 2.24) is 20.2 Å². The lowest BCUT2D eigenvalue weighted by Gasteiger charge is -2.28. The van der Waals surface area contributed by atoms with Crippen molar-refractivity contribution in [2.75, 3.05) is 26.2 Å². The van der Waals surface area contributed by atoms with Gasteiger partial charge in [-0.2, -0.15) is 0 Å². The van der Waals surface area contributed by atoms with Gasteiger partial charge in [-0.3, -0.25) is 9.69 Å². The third-order valence-corrected chi connectivity index (χ3v) is 3.99. The van der Waals surface area contributed by atoms with Crippen molar-refractivity contribution in [2.24, 2.45) is 0 Å². The zero-order valence-electron chi connectivity index (χ0n) is 12.3. The number of H-pyrrole nitrogens is 1. The summed E-state index contributed by atoms with van der Waals surface area (Å²) < 4.78 is 27.1. The number of alkyl halides is 2. The SMILES string of the molecule is Cc1nc2ccc(CN3CCNCC3)c(C(F)F)c2[nH]c1=O. The van der Waals surface area contributed by atoms with Crippen LogP contribution in [0, 0.1) is 6.92 Å². The van der Waals surface area contributed by atoms with Crippen molar-refractivity contribution in [3.05, 3.63) is 39.3 Å². The second-order valence-corrected chi connectivity index (χ2v) is 5.51. The highest BCUT2D eigenvalue weighted by Crippen LogP contribution is 2.29. The molecule has 0 atom stereocenters. The van der Waals surface area contributed by atoms with Gasteiger partial charge in [0.25, 0.3) is 12.0 Å². The largest absolute Gasteiger partial charge is 0.319 e. The second kappa shape index (κ2) is 6.10. The first kappa shape index (κ1) is 15.1. The molecule has 0 radical (unpaired) electrons. The van der Waals surface area contributed by atoms with E-state index in [-0.39, 0.29) is 16.8 Å². The van der Waals surface area contributed by atoms with E-state index in [4.69, 9.17) is 0 Å². The maximum atomic E-state index is 13.6. The maximum Gasteiger partial charge on any atom is 0.269 e. The molecule has 1 aliphatic rings. The van der Waals surface area contributed by atoms with E-state index in [1.165, 1.54) is 0 Å². The Bertz CT molecular complexity index is 738. The summed E-state index contributed by atoms with van der Waals surface area (Å²) in [6.45, 7) is 5.37. The second-order valence-electron chi connectivity index (χ2n) is 5.51. The van der Waals surface area contributed by atoms with Gasteiger partial charge in [-0.1, -0.05) is 6.07 Å². The average Bonchev–Trinajstić information content (AvgIpc) is 2.49. The van der Waals surface area contributed by atoms with Crippen LogP contribution in [-0.2, 0) is 6.54 Å². The van der Waals surface area contributed by atoms with Crippen molar-refractivity contribution in [1.29, 1.82) is 0 Å². The molecule has 2 heterocycles. The van der Waals surface area contributed by atoms with Gasteiger partial charge in [0.15, 0.2) is 0 Å². The van der Waals surface area contributed by atoms with Crippen LogP contribution < -0.4 is 10.9 Å². The van der Waals surface area contributed by atoms with Crippen LogP contribution >= 0.6 is 0 Å². The quantitative estimate of drug-likeness (QED) is 0.904. The Hall–Kier alpha value is -1.86. The lowest BCUT2D eigenvalue weighted by molar-refractivity contribution is 0.149. The molecule has 22 heavy (non-hydrogen) atoms. The lowest BCUT2D eigenvalue weighted by atomic mass is 10.0. The smallest absolute Gasteiger partial charge is 0.269 e.